The van der Waals surface area contributed by atoms with Crippen molar-refractivity contribution in [2.75, 3.05) is 17.1 Å². The van der Waals surface area contributed by atoms with Gasteiger partial charge in [-0.25, -0.2) is 17.6 Å². The van der Waals surface area contributed by atoms with E-state index in [0.29, 0.717) is 17.9 Å². The Morgan fingerprint density at radius 3 is 2.41 bits per heavy atom. The van der Waals surface area contributed by atoms with Gasteiger partial charge in [0, 0.05) is 13.0 Å². The number of sulfonamides is 1. The van der Waals surface area contributed by atoms with Crippen molar-refractivity contribution in [3.05, 3.63) is 46.7 Å². The summed E-state index contributed by atoms with van der Waals surface area (Å²) in [5.74, 6) is -2.99. The van der Waals surface area contributed by atoms with E-state index in [1.807, 2.05) is 0 Å². The Balaban J connectivity index is 2.55. The standard InChI is InChI=1S/C16H14ClFN2O6S/c1-8(21)19-13-4-3-9(26-2)5-14(13)20-27(24,25)15-6-10(16(22)23)12(18)7-11(15)17/h3-7,20H,1-2H3,(H,19,21)(H,22,23). The summed E-state index contributed by atoms with van der Waals surface area (Å²) in [7, 11) is -3.06. The average molecular weight is 417 g/mol. The summed E-state index contributed by atoms with van der Waals surface area (Å²) in [6.07, 6.45) is 0. The van der Waals surface area contributed by atoms with E-state index >= 15 is 0 Å². The van der Waals surface area contributed by atoms with Gasteiger partial charge >= 0.3 is 5.97 Å². The van der Waals surface area contributed by atoms with Crippen molar-refractivity contribution in [1.82, 2.24) is 0 Å². The molecular weight excluding hydrogens is 403 g/mol. The van der Waals surface area contributed by atoms with Gasteiger partial charge in [-0.05, 0) is 24.3 Å². The van der Waals surface area contributed by atoms with Crippen LogP contribution in [-0.4, -0.2) is 32.5 Å². The molecule has 0 atom stereocenters. The van der Waals surface area contributed by atoms with E-state index in [2.05, 4.69) is 10.0 Å². The first-order chi connectivity index (χ1) is 12.5. The number of methoxy groups -OCH3 is 1. The average Bonchev–Trinajstić information content (AvgIpc) is 2.55. The minimum Gasteiger partial charge on any atom is -0.497 e. The zero-order chi connectivity index (χ0) is 20.4. The van der Waals surface area contributed by atoms with Gasteiger partial charge in [0.2, 0.25) is 5.91 Å². The van der Waals surface area contributed by atoms with Crippen molar-refractivity contribution in [3.8, 4) is 5.75 Å². The van der Waals surface area contributed by atoms with E-state index in [-0.39, 0.29) is 11.4 Å². The highest BCUT2D eigenvalue weighted by atomic mass is 35.5. The Bertz CT molecular complexity index is 1030. The highest BCUT2D eigenvalue weighted by molar-refractivity contribution is 7.92. The van der Waals surface area contributed by atoms with Crippen LogP contribution in [0.5, 0.6) is 5.75 Å². The Hall–Kier alpha value is -2.85. The number of carboxylic acids is 1. The molecule has 0 aliphatic heterocycles. The number of benzene rings is 2. The van der Waals surface area contributed by atoms with Crippen molar-refractivity contribution < 1.29 is 32.2 Å². The molecular formula is C16H14ClFN2O6S. The second kappa shape index (κ2) is 7.80. The molecule has 0 saturated heterocycles. The van der Waals surface area contributed by atoms with Crippen LogP contribution in [0.2, 0.25) is 5.02 Å². The molecule has 2 aromatic carbocycles. The summed E-state index contributed by atoms with van der Waals surface area (Å²) in [6, 6.07) is 5.42. The highest BCUT2D eigenvalue weighted by Gasteiger charge is 2.24. The van der Waals surface area contributed by atoms with E-state index in [1.54, 1.807) is 0 Å². The number of nitrogens with one attached hydrogen (secondary N) is 2. The molecule has 144 valence electrons. The Morgan fingerprint density at radius 2 is 1.85 bits per heavy atom. The Morgan fingerprint density at radius 1 is 1.19 bits per heavy atom. The van der Waals surface area contributed by atoms with Gasteiger partial charge in [0.1, 0.15) is 16.5 Å². The molecule has 2 rings (SSSR count). The molecule has 0 aliphatic rings. The number of rotatable bonds is 6. The molecule has 0 spiro atoms. The molecule has 2 aromatic rings. The van der Waals surface area contributed by atoms with Crippen LogP contribution in [0.1, 0.15) is 17.3 Å². The third-order valence-electron chi connectivity index (χ3n) is 3.32. The number of halogens is 2. The van der Waals surface area contributed by atoms with Crippen LogP contribution in [0.3, 0.4) is 0 Å². The van der Waals surface area contributed by atoms with Crippen LogP contribution in [0.25, 0.3) is 0 Å². The van der Waals surface area contributed by atoms with Crippen LogP contribution < -0.4 is 14.8 Å². The Labute approximate surface area is 159 Å². The molecule has 0 bridgehead atoms. The summed E-state index contributed by atoms with van der Waals surface area (Å²) in [5.41, 5.74) is -0.780. The molecule has 1 amide bonds. The van der Waals surface area contributed by atoms with Crippen LogP contribution >= 0.6 is 11.6 Å². The molecule has 3 N–H and O–H groups in total. The first kappa shape index (κ1) is 20.5. The van der Waals surface area contributed by atoms with Crippen molar-refractivity contribution in [3.63, 3.8) is 0 Å². The van der Waals surface area contributed by atoms with Gasteiger partial charge in [-0.3, -0.25) is 9.52 Å². The van der Waals surface area contributed by atoms with Crippen molar-refractivity contribution in [2.24, 2.45) is 0 Å². The SMILES string of the molecule is COc1ccc(NC(C)=O)c(NS(=O)(=O)c2cc(C(=O)O)c(F)cc2Cl)c1. The summed E-state index contributed by atoms with van der Waals surface area (Å²) in [6.45, 7) is 1.23. The maximum Gasteiger partial charge on any atom is 0.338 e. The van der Waals surface area contributed by atoms with Gasteiger partial charge in [0.15, 0.2) is 0 Å². The van der Waals surface area contributed by atoms with Gasteiger partial charge in [0.25, 0.3) is 10.0 Å². The van der Waals surface area contributed by atoms with Crippen molar-refractivity contribution >= 4 is 44.9 Å². The highest BCUT2D eigenvalue weighted by Crippen LogP contribution is 2.32. The van der Waals surface area contributed by atoms with E-state index in [1.165, 1.54) is 32.2 Å². The van der Waals surface area contributed by atoms with Crippen LogP contribution in [-0.2, 0) is 14.8 Å². The van der Waals surface area contributed by atoms with E-state index in [4.69, 9.17) is 21.4 Å². The second-order valence-electron chi connectivity index (χ2n) is 5.27. The van der Waals surface area contributed by atoms with E-state index < -0.39 is 43.2 Å². The van der Waals surface area contributed by atoms with Crippen molar-refractivity contribution in [2.45, 2.75) is 11.8 Å². The Kier molecular flexibility index (Phi) is 5.91. The minimum atomic E-state index is -4.42. The number of hydrogen-bond donors (Lipinski definition) is 3. The second-order valence-corrected chi connectivity index (χ2v) is 7.32. The first-order valence-electron chi connectivity index (χ1n) is 7.26. The van der Waals surface area contributed by atoms with Gasteiger partial charge in [0.05, 0.1) is 29.1 Å². The van der Waals surface area contributed by atoms with Crippen LogP contribution in [0, 0.1) is 5.82 Å². The van der Waals surface area contributed by atoms with Gasteiger partial charge in [-0.15, -0.1) is 0 Å². The summed E-state index contributed by atoms with van der Waals surface area (Å²) in [4.78, 5) is 21.7. The topological polar surface area (TPSA) is 122 Å². The third kappa shape index (κ3) is 4.66. The molecule has 0 radical (unpaired) electrons. The number of ether oxygens (including phenoxy) is 1. The van der Waals surface area contributed by atoms with Gasteiger partial charge in [-0.1, -0.05) is 11.6 Å². The number of anilines is 2. The third-order valence-corrected chi connectivity index (χ3v) is 5.15. The predicted octanol–water partition coefficient (Wildman–Crippen LogP) is 2.95. The lowest BCUT2D eigenvalue weighted by Crippen LogP contribution is -2.17. The number of hydrogen-bond acceptors (Lipinski definition) is 5. The molecule has 11 heteroatoms. The summed E-state index contributed by atoms with van der Waals surface area (Å²) in [5, 5.41) is 10.9. The lowest BCUT2D eigenvalue weighted by Gasteiger charge is -2.15. The number of carbonyl (C=O) groups excluding carboxylic acids is 1. The molecule has 0 unspecified atom stereocenters. The van der Waals surface area contributed by atoms with E-state index in [9.17, 15) is 22.4 Å². The number of aromatic carboxylic acids is 1. The lowest BCUT2D eigenvalue weighted by molar-refractivity contribution is -0.114. The first-order valence-corrected chi connectivity index (χ1v) is 9.12. The lowest BCUT2D eigenvalue weighted by atomic mass is 10.2. The fourth-order valence-corrected chi connectivity index (χ4v) is 3.74. The minimum absolute atomic E-state index is 0.0539. The molecule has 0 aliphatic carbocycles. The summed E-state index contributed by atoms with van der Waals surface area (Å²) >= 11 is 5.79. The maximum absolute atomic E-state index is 13.7. The monoisotopic (exact) mass is 416 g/mol. The molecule has 0 fully saturated rings. The fraction of sp³-hybridized carbons (Fsp3) is 0.125. The smallest absolute Gasteiger partial charge is 0.338 e. The molecule has 27 heavy (non-hydrogen) atoms. The number of amides is 1. The normalized spacial score (nSPS) is 11.0. The molecule has 0 heterocycles. The van der Waals surface area contributed by atoms with Gasteiger partial charge < -0.3 is 15.2 Å². The zero-order valence-electron chi connectivity index (χ0n) is 14.0. The molecule has 8 nitrogen and oxygen atoms in total. The van der Waals surface area contributed by atoms with Crippen molar-refractivity contribution in [1.29, 1.82) is 0 Å². The fourth-order valence-electron chi connectivity index (χ4n) is 2.13. The largest absolute Gasteiger partial charge is 0.497 e. The predicted molar refractivity (Wildman–Crippen MR) is 96.5 cm³/mol. The van der Waals surface area contributed by atoms with Crippen LogP contribution in [0.4, 0.5) is 15.8 Å². The quantitative estimate of drug-likeness (QED) is 0.665. The van der Waals surface area contributed by atoms with Crippen LogP contribution in [0.15, 0.2) is 35.2 Å². The molecule has 0 saturated carbocycles. The number of carbonyl (C=O) groups is 2. The maximum atomic E-state index is 13.7. The molecule has 0 aromatic heterocycles. The van der Waals surface area contributed by atoms with Gasteiger partial charge in [-0.2, -0.15) is 0 Å². The van der Waals surface area contributed by atoms with E-state index in [0.717, 1.165) is 0 Å². The zero-order valence-corrected chi connectivity index (χ0v) is 15.6. The summed E-state index contributed by atoms with van der Waals surface area (Å²) < 4.78 is 46.2. The number of carboxylic acid groups (broad SMARTS) is 1.